The smallest absolute Gasteiger partial charge is 0.0626 e. The van der Waals surface area contributed by atoms with Crippen molar-refractivity contribution in [2.75, 3.05) is 0 Å². The molecular weight excluding hydrogens is 587 g/mol. The van der Waals surface area contributed by atoms with Crippen molar-refractivity contribution in [3.63, 3.8) is 0 Å². The van der Waals surface area contributed by atoms with E-state index >= 15 is 0 Å². The summed E-state index contributed by atoms with van der Waals surface area (Å²) < 4.78 is 5.21. The Morgan fingerprint density at radius 2 is 1.11 bits per heavy atom. The standard InChI is InChI=1S/C45H27NS/c1-26-29-12-3-2-11-27(29)21-23-30(26)42-34-15-4-5-16-36(34)45-43(37-18-10-17-35-31-13-6-8-19-38(31)46(45)44(35)37)41(42)28-22-24-33-32-14-7-9-20-39(32)47-40(33)25-28/h2-25H,1H3. The fourth-order valence-corrected chi connectivity index (χ4v) is 9.66. The van der Waals surface area contributed by atoms with Crippen LogP contribution in [0, 0.1) is 6.92 Å². The summed E-state index contributed by atoms with van der Waals surface area (Å²) in [5, 5.41) is 13.1. The van der Waals surface area contributed by atoms with E-state index in [1.807, 2.05) is 11.3 Å². The SMILES string of the molecule is Cc1c(-c2c(-c3ccc4c(c3)sc3ccccc34)c3c4cccc5c6ccccc6n(c54)c3c3ccccc23)ccc2ccccc12. The molecule has 11 rings (SSSR count). The van der Waals surface area contributed by atoms with Crippen LogP contribution in [0.25, 0.3) is 102 Å². The van der Waals surface area contributed by atoms with Crippen LogP contribution >= 0.6 is 11.3 Å². The quantitative estimate of drug-likeness (QED) is 0.183. The van der Waals surface area contributed by atoms with Crippen LogP contribution in [0.3, 0.4) is 0 Å². The first kappa shape index (κ1) is 25.5. The van der Waals surface area contributed by atoms with Gasteiger partial charge in [0.2, 0.25) is 0 Å². The van der Waals surface area contributed by atoms with E-state index < -0.39 is 0 Å². The van der Waals surface area contributed by atoms with Gasteiger partial charge in [-0.15, -0.1) is 11.3 Å². The Labute approximate surface area is 274 Å². The lowest BCUT2D eigenvalue weighted by Gasteiger charge is -2.20. The molecule has 0 fully saturated rings. The van der Waals surface area contributed by atoms with Gasteiger partial charge in [0.1, 0.15) is 0 Å². The Morgan fingerprint density at radius 3 is 2.00 bits per heavy atom. The predicted molar refractivity (Wildman–Crippen MR) is 205 cm³/mol. The zero-order chi connectivity index (χ0) is 30.8. The monoisotopic (exact) mass is 613 g/mol. The first-order valence-corrected chi connectivity index (χ1v) is 17.1. The Morgan fingerprint density at radius 1 is 0.447 bits per heavy atom. The van der Waals surface area contributed by atoms with Gasteiger partial charge in [-0.1, -0.05) is 127 Å². The molecule has 3 heterocycles. The van der Waals surface area contributed by atoms with Crippen LogP contribution in [0.5, 0.6) is 0 Å². The summed E-state index contributed by atoms with van der Waals surface area (Å²) in [5.74, 6) is 0. The largest absolute Gasteiger partial charge is 0.307 e. The van der Waals surface area contributed by atoms with Gasteiger partial charge in [0.05, 0.1) is 16.6 Å². The second-order valence-electron chi connectivity index (χ2n) is 12.8. The van der Waals surface area contributed by atoms with E-state index in [1.54, 1.807) is 0 Å². The minimum atomic E-state index is 1.26. The van der Waals surface area contributed by atoms with Crippen molar-refractivity contribution in [3.8, 4) is 22.3 Å². The average molecular weight is 614 g/mol. The van der Waals surface area contributed by atoms with Gasteiger partial charge < -0.3 is 4.40 Å². The Kier molecular flexibility index (Phi) is 4.98. The van der Waals surface area contributed by atoms with Crippen molar-refractivity contribution in [2.45, 2.75) is 6.92 Å². The molecule has 0 aliphatic rings. The highest BCUT2D eigenvalue weighted by molar-refractivity contribution is 7.25. The summed E-state index contributed by atoms with van der Waals surface area (Å²) >= 11 is 1.89. The molecule has 0 aliphatic heterocycles. The van der Waals surface area contributed by atoms with Gasteiger partial charge >= 0.3 is 0 Å². The number of thiophene rings is 1. The topological polar surface area (TPSA) is 4.41 Å². The van der Waals surface area contributed by atoms with Gasteiger partial charge in [-0.05, 0) is 63.5 Å². The Balaban J connectivity index is 1.41. The van der Waals surface area contributed by atoms with Gasteiger partial charge in [-0.25, -0.2) is 0 Å². The summed E-state index contributed by atoms with van der Waals surface area (Å²) in [6.45, 7) is 2.30. The van der Waals surface area contributed by atoms with Crippen molar-refractivity contribution in [1.82, 2.24) is 4.40 Å². The fourth-order valence-electron chi connectivity index (χ4n) is 8.52. The maximum Gasteiger partial charge on any atom is 0.0626 e. The number of fused-ring (bicyclic) bond motifs is 12. The highest BCUT2D eigenvalue weighted by Gasteiger charge is 2.26. The molecule has 218 valence electrons. The van der Waals surface area contributed by atoms with E-state index in [4.69, 9.17) is 0 Å². The molecule has 0 radical (unpaired) electrons. The van der Waals surface area contributed by atoms with E-state index in [0.717, 1.165) is 0 Å². The molecule has 47 heavy (non-hydrogen) atoms. The average Bonchev–Trinajstić information content (AvgIpc) is 3.78. The van der Waals surface area contributed by atoms with Crippen LogP contribution in [-0.4, -0.2) is 4.40 Å². The molecule has 1 nitrogen and oxygen atoms in total. The molecule has 3 aromatic heterocycles. The van der Waals surface area contributed by atoms with Crippen LogP contribution in [0.15, 0.2) is 146 Å². The Hall–Kier alpha value is -5.70. The fraction of sp³-hybridized carbons (Fsp3) is 0.0222. The number of para-hydroxylation sites is 2. The molecule has 0 unspecified atom stereocenters. The summed E-state index contributed by atoms with van der Waals surface area (Å²) in [5.41, 5.74) is 10.4. The van der Waals surface area contributed by atoms with Crippen LogP contribution in [0.4, 0.5) is 0 Å². The van der Waals surface area contributed by atoms with E-state index in [0.29, 0.717) is 0 Å². The second kappa shape index (κ2) is 9.19. The summed E-state index contributed by atoms with van der Waals surface area (Å²) in [6.07, 6.45) is 0. The third-order valence-electron chi connectivity index (χ3n) is 10.5. The minimum Gasteiger partial charge on any atom is -0.307 e. The van der Waals surface area contributed by atoms with E-state index in [2.05, 4.69) is 157 Å². The number of benzene rings is 8. The molecule has 0 atom stereocenters. The lowest BCUT2D eigenvalue weighted by Crippen LogP contribution is -1.94. The molecule has 0 saturated heterocycles. The molecule has 0 N–H and O–H groups in total. The van der Waals surface area contributed by atoms with Gasteiger partial charge in [-0.3, -0.25) is 0 Å². The predicted octanol–water partition coefficient (Wildman–Crippen LogP) is 13.2. The van der Waals surface area contributed by atoms with Crippen molar-refractivity contribution in [2.24, 2.45) is 0 Å². The molecule has 2 heteroatoms. The van der Waals surface area contributed by atoms with Gasteiger partial charge in [0.25, 0.3) is 0 Å². The van der Waals surface area contributed by atoms with Crippen LogP contribution in [0.1, 0.15) is 5.56 Å². The molecule has 0 spiro atoms. The number of rotatable bonds is 2. The second-order valence-corrected chi connectivity index (χ2v) is 13.9. The van der Waals surface area contributed by atoms with Crippen LogP contribution in [0.2, 0.25) is 0 Å². The van der Waals surface area contributed by atoms with Crippen LogP contribution in [-0.2, 0) is 0 Å². The maximum atomic E-state index is 2.55. The number of hydrogen-bond acceptors (Lipinski definition) is 1. The lowest BCUT2D eigenvalue weighted by atomic mass is 9.83. The van der Waals surface area contributed by atoms with Crippen molar-refractivity contribution >= 4 is 91.1 Å². The van der Waals surface area contributed by atoms with E-state index in [9.17, 15) is 0 Å². The molecule has 0 bridgehead atoms. The van der Waals surface area contributed by atoms with Crippen molar-refractivity contribution < 1.29 is 0 Å². The zero-order valence-corrected chi connectivity index (χ0v) is 26.5. The molecule has 11 aromatic rings. The molecule has 0 amide bonds. The number of aromatic nitrogens is 1. The summed E-state index contributed by atoms with van der Waals surface area (Å²) in [6, 6.07) is 54.3. The van der Waals surface area contributed by atoms with Crippen molar-refractivity contribution in [1.29, 1.82) is 0 Å². The molecule has 0 aliphatic carbocycles. The Bertz CT molecular complexity index is 3080. The molecule has 8 aromatic carbocycles. The summed E-state index contributed by atoms with van der Waals surface area (Å²) in [4.78, 5) is 0. The third-order valence-corrected chi connectivity index (χ3v) is 11.6. The maximum absolute atomic E-state index is 2.55. The highest BCUT2D eigenvalue weighted by Crippen LogP contribution is 2.51. The van der Waals surface area contributed by atoms with Gasteiger partial charge in [0.15, 0.2) is 0 Å². The molecule has 0 saturated carbocycles. The third kappa shape index (κ3) is 3.28. The lowest BCUT2D eigenvalue weighted by molar-refractivity contribution is 1.38. The number of aryl methyl sites for hydroxylation is 1. The summed E-state index contributed by atoms with van der Waals surface area (Å²) in [7, 11) is 0. The van der Waals surface area contributed by atoms with Crippen molar-refractivity contribution in [3.05, 3.63) is 151 Å². The first-order valence-electron chi connectivity index (χ1n) is 16.3. The normalized spacial score (nSPS) is 12.4. The number of nitrogens with zero attached hydrogens (tertiary/aromatic N) is 1. The zero-order valence-electron chi connectivity index (χ0n) is 25.7. The van der Waals surface area contributed by atoms with Crippen LogP contribution < -0.4 is 0 Å². The van der Waals surface area contributed by atoms with E-state index in [1.165, 1.54) is 108 Å². The van der Waals surface area contributed by atoms with Gasteiger partial charge in [-0.2, -0.15) is 0 Å². The first-order chi connectivity index (χ1) is 23.3. The number of hydrogen-bond donors (Lipinski definition) is 0. The highest BCUT2D eigenvalue weighted by atomic mass is 32.1. The van der Waals surface area contributed by atoms with Gasteiger partial charge in [0, 0.05) is 52.7 Å². The molecular formula is C45H27NS. The van der Waals surface area contributed by atoms with E-state index in [-0.39, 0.29) is 0 Å². The minimum absolute atomic E-state index is 1.26.